The summed E-state index contributed by atoms with van der Waals surface area (Å²) in [6.45, 7) is 1.35. The molecule has 0 radical (unpaired) electrons. The molecule has 0 aliphatic carbocycles. The number of hydrogen-bond acceptors (Lipinski definition) is 8. The van der Waals surface area contributed by atoms with Crippen molar-refractivity contribution in [2.45, 2.75) is 18.4 Å². The predicted molar refractivity (Wildman–Crippen MR) is 157 cm³/mol. The van der Waals surface area contributed by atoms with E-state index in [1.54, 1.807) is 18.2 Å². The quantitative estimate of drug-likeness (QED) is 0.205. The third-order valence-corrected chi connectivity index (χ3v) is 8.88. The van der Waals surface area contributed by atoms with Gasteiger partial charge in [0.25, 0.3) is 11.1 Å². The Hall–Kier alpha value is -3.03. The maximum Gasteiger partial charge on any atom is 0.339 e. The minimum Gasteiger partial charge on any atom is -0.493 e. The smallest absolute Gasteiger partial charge is 0.339 e. The summed E-state index contributed by atoms with van der Waals surface area (Å²) in [7, 11) is -2.94. The molecule has 9 nitrogen and oxygen atoms in total. The highest BCUT2D eigenvalue weighted by molar-refractivity contribution is 9.10. The molecule has 1 N–H and O–H groups in total. The van der Waals surface area contributed by atoms with Crippen LogP contribution in [0, 0.1) is 0 Å². The van der Waals surface area contributed by atoms with E-state index in [0.29, 0.717) is 26.9 Å². The van der Waals surface area contributed by atoms with E-state index in [0.717, 1.165) is 16.7 Å². The highest BCUT2D eigenvalue weighted by Gasteiger charge is 2.35. The molecule has 1 saturated heterocycles. The van der Waals surface area contributed by atoms with Crippen molar-refractivity contribution in [2.75, 3.05) is 12.4 Å². The third-order valence-electron chi connectivity index (χ3n) is 5.40. The molecule has 208 valence electrons. The van der Waals surface area contributed by atoms with Crippen molar-refractivity contribution in [3.8, 4) is 11.5 Å². The van der Waals surface area contributed by atoms with Gasteiger partial charge in [0, 0.05) is 12.6 Å². The summed E-state index contributed by atoms with van der Waals surface area (Å²) in [5, 5.41) is 2.77. The molecule has 3 aromatic rings. The lowest BCUT2D eigenvalue weighted by atomic mass is 10.1. The zero-order chi connectivity index (χ0) is 29.2. The van der Waals surface area contributed by atoms with Crippen LogP contribution in [-0.4, -0.2) is 37.5 Å². The fraction of sp³-hybridized carbons (Fsp3) is 0.115. The number of imide groups is 1. The average molecular weight is 686 g/mol. The molecule has 0 unspecified atom stereocenters. The van der Waals surface area contributed by atoms with Gasteiger partial charge in [-0.2, -0.15) is 8.42 Å². The summed E-state index contributed by atoms with van der Waals surface area (Å²) in [6.07, 6.45) is 1.49. The lowest BCUT2D eigenvalue weighted by Gasteiger charge is -2.14. The van der Waals surface area contributed by atoms with Crippen LogP contribution in [0.15, 0.2) is 68.9 Å². The number of halogens is 3. The summed E-state index contributed by atoms with van der Waals surface area (Å²) < 4.78 is 36.8. The highest BCUT2D eigenvalue weighted by Crippen LogP contribution is 2.41. The number of carbonyl (C=O) groups is 3. The summed E-state index contributed by atoms with van der Waals surface area (Å²) in [4.78, 5) is 37.9. The number of carbonyl (C=O) groups excluding carboxylic acids is 3. The van der Waals surface area contributed by atoms with Gasteiger partial charge < -0.3 is 14.2 Å². The van der Waals surface area contributed by atoms with Crippen molar-refractivity contribution < 1.29 is 31.7 Å². The number of benzene rings is 3. The molecule has 3 aromatic carbocycles. The SMILES string of the molecule is COc1cc(/C=C2\SC(=O)N(Cc3ccc(Cl)c(Cl)c3)C2=O)cc(Br)c1OS(=O)(=O)c1ccc(NC(C)=O)cc1. The molecule has 1 heterocycles. The first-order valence-electron chi connectivity index (χ1n) is 11.3. The Bertz CT molecular complexity index is 1660. The van der Waals surface area contributed by atoms with Crippen LogP contribution in [0.4, 0.5) is 10.5 Å². The van der Waals surface area contributed by atoms with Gasteiger partial charge in [-0.3, -0.25) is 19.3 Å². The topological polar surface area (TPSA) is 119 Å². The van der Waals surface area contributed by atoms with Crippen LogP contribution in [0.3, 0.4) is 0 Å². The first-order chi connectivity index (χ1) is 18.9. The first kappa shape index (κ1) is 29.9. The van der Waals surface area contributed by atoms with Gasteiger partial charge in [-0.25, -0.2) is 0 Å². The van der Waals surface area contributed by atoms with Crippen LogP contribution >= 0.6 is 50.9 Å². The molecule has 4 rings (SSSR count). The Morgan fingerprint density at radius 1 is 1.07 bits per heavy atom. The fourth-order valence-corrected chi connectivity index (χ4v) is 6.34. The summed E-state index contributed by atoms with van der Waals surface area (Å²) >= 11 is 16.1. The van der Waals surface area contributed by atoms with Crippen LogP contribution in [0.1, 0.15) is 18.1 Å². The zero-order valence-corrected chi connectivity index (χ0v) is 25.5. The number of ether oxygens (including phenoxy) is 1. The van der Waals surface area contributed by atoms with Crippen molar-refractivity contribution in [1.82, 2.24) is 4.90 Å². The molecular formula is C26H19BrCl2N2O7S2. The van der Waals surface area contributed by atoms with Gasteiger partial charge >= 0.3 is 10.1 Å². The van der Waals surface area contributed by atoms with Gasteiger partial charge in [-0.15, -0.1) is 0 Å². The fourth-order valence-electron chi connectivity index (χ4n) is 3.58. The molecule has 0 bridgehead atoms. The Kier molecular flexibility index (Phi) is 9.16. The van der Waals surface area contributed by atoms with Gasteiger partial charge in [-0.05, 0) is 93.4 Å². The lowest BCUT2D eigenvalue weighted by molar-refractivity contribution is -0.123. The van der Waals surface area contributed by atoms with Crippen LogP contribution in [0.5, 0.6) is 11.5 Å². The van der Waals surface area contributed by atoms with E-state index in [1.807, 2.05) is 0 Å². The number of hydrogen-bond donors (Lipinski definition) is 1. The predicted octanol–water partition coefficient (Wildman–Crippen LogP) is 6.73. The molecule has 14 heteroatoms. The molecule has 0 aromatic heterocycles. The Balaban J connectivity index is 1.56. The van der Waals surface area contributed by atoms with Crippen molar-refractivity contribution in [1.29, 1.82) is 0 Å². The van der Waals surface area contributed by atoms with E-state index in [4.69, 9.17) is 32.1 Å². The molecule has 0 atom stereocenters. The van der Waals surface area contributed by atoms with Gasteiger partial charge in [0.05, 0.1) is 33.1 Å². The molecule has 40 heavy (non-hydrogen) atoms. The number of nitrogens with zero attached hydrogens (tertiary/aromatic N) is 1. The van der Waals surface area contributed by atoms with E-state index in [1.165, 1.54) is 56.5 Å². The van der Waals surface area contributed by atoms with Crippen LogP contribution in [0.2, 0.25) is 10.0 Å². The van der Waals surface area contributed by atoms with E-state index in [-0.39, 0.29) is 38.2 Å². The van der Waals surface area contributed by atoms with Gasteiger partial charge in [0.1, 0.15) is 4.90 Å². The number of anilines is 1. The molecular weight excluding hydrogens is 667 g/mol. The third kappa shape index (κ3) is 6.81. The van der Waals surface area contributed by atoms with E-state index >= 15 is 0 Å². The first-order valence-corrected chi connectivity index (χ1v) is 15.0. The maximum atomic E-state index is 13.0. The van der Waals surface area contributed by atoms with Crippen LogP contribution in [0.25, 0.3) is 6.08 Å². The van der Waals surface area contributed by atoms with E-state index in [2.05, 4.69) is 21.2 Å². The Labute approximate surface area is 252 Å². The second kappa shape index (κ2) is 12.2. The maximum absolute atomic E-state index is 13.0. The Morgan fingerprint density at radius 2 is 1.77 bits per heavy atom. The summed E-state index contributed by atoms with van der Waals surface area (Å²) in [5.74, 6) is -0.842. The van der Waals surface area contributed by atoms with Crippen molar-refractivity contribution in [3.63, 3.8) is 0 Å². The average Bonchev–Trinajstić information content (AvgIpc) is 3.14. The molecule has 1 aliphatic heterocycles. The number of thioether (sulfide) groups is 1. The summed E-state index contributed by atoms with van der Waals surface area (Å²) in [5.41, 5.74) is 1.51. The highest BCUT2D eigenvalue weighted by atomic mass is 79.9. The minimum absolute atomic E-state index is 0.0162. The van der Waals surface area contributed by atoms with Gasteiger partial charge in [0.15, 0.2) is 11.5 Å². The summed E-state index contributed by atoms with van der Waals surface area (Å²) in [6, 6.07) is 13.3. The molecule has 0 spiro atoms. The largest absolute Gasteiger partial charge is 0.493 e. The molecule has 3 amide bonds. The number of methoxy groups -OCH3 is 1. The zero-order valence-electron chi connectivity index (χ0n) is 20.7. The van der Waals surface area contributed by atoms with Crippen LogP contribution < -0.4 is 14.2 Å². The van der Waals surface area contributed by atoms with Crippen molar-refractivity contribution in [3.05, 3.63) is 85.1 Å². The normalized spacial score (nSPS) is 14.5. The Morgan fingerprint density at radius 3 is 2.40 bits per heavy atom. The van der Waals surface area contributed by atoms with Crippen LogP contribution in [-0.2, 0) is 26.3 Å². The van der Waals surface area contributed by atoms with Gasteiger partial charge in [0.2, 0.25) is 5.91 Å². The van der Waals surface area contributed by atoms with E-state index < -0.39 is 21.3 Å². The lowest BCUT2D eigenvalue weighted by Crippen LogP contribution is -2.27. The number of amides is 3. The monoisotopic (exact) mass is 684 g/mol. The van der Waals surface area contributed by atoms with Crippen molar-refractivity contribution >= 4 is 89.8 Å². The second-order valence-corrected chi connectivity index (χ2v) is 12.5. The number of nitrogens with one attached hydrogen (secondary N) is 1. The molecule has 1 fully saturated rings. The number of rotatable bonds is 8. The second-order valence-electron chi connectivity index (χ2n) is 8.29. The molecule has 0 saturated carbocycles. The standard InChI is InChI=1S/C26H19BrCl2N2O7S2/c1-14(32)30-17-4-6-18(7-5-17)40(35,36)38-24-19(27)9-16(11-22(24)37-2)12-23-25(33)31(26(34)39-23)13-15-3-8-20(28)21(29)10-15/h3-12H,13H2,1-2H3,(H,30,32)/b23-12-. The van der Waals surface area contributed by atoms with Gasteiger partial charge in [-0.1, -0.05) is 29.3 Å². The van der Waals surface area contributed by atoms with E-state index in [9.17, 15) is 22.8 Å². The minimum atomic E-state index is -4.27. The van der Waals surface area contributed by atoms with Crippen molar-refractivity contribution in [2.24, 2.45) is 0 Å². The molecule has 1 aliphatic rings.